The summed E-state index contributed by atoms with van der Waals surface area (Å²) in [4.78, 5) is 29.3. The Labute approximate surface area is 159 Å². The Morgan fingerprint density at radius 1 is 1.15 bits per heavy atom. The van der Waals surface area contributed by atoms with Gasteiger partial charge in [-0.25, -0.2) is 0 Å². The van der Waals surface area contributed by atoms with Crippen molar-refractivity contribution in [3.8, 4) is 0 Å². The zero-order valence-electron chi connectivity index (χ0n) is 17.7. The van der Waals surface area contributed by atoms with Crippen LogP contribution in [0.2, 0.25) is 0 Å². The lowest BCUT2D eigenvalue weighted by atomic mass is 9.91. The second kappa shape index (κ2) is 9.79. The number of carbonyl (C=O) groups is 2. The molecular formula is C21H37N3O2. The minimum atomic E-state index is -0.0766. The lowest BCUT2D eigenvalue weighted by Crippen LogP contribution is -2.45. The van der Waals surface area contributed by atoms with Crippen molar-refractivity contribution in [2.24, 2.45) is 18.4 Å². The van der Waals surface area contributed by atoms with Crippen LogP contribution in [-0.2, 0) is 23.2 Å². The van der Waals surface area contributed by atoms with Gasteiger partial charge in [-0.15, -0.1) is 0 Å². The summed E-state index contributed by atoms with van der Waals surface area (Å²) in [5.41, 5.74) is 1.02. The highest BCUT2D eigenvalue weighted by atomic mass is 16.2. The topological polar surface area (TPSA) is 45.6 Å². The summed E-state index contributed by atoms with van der Waals surface area (Å²) in [7, 11) is 1.99. The molecule has 0 bridgehead atoms. The van der Waals surface area contributed by atoms with Gasteiger partial charge in [0.25, 0.3) is 0 Å². The van der Waals surface area contributed by atoms with Gasteiger partial charge >= 0.3 is 0 Å². The van der Waals surface area contributed by atoms with Crippen LogP contribution in [0.1, 0.15) is 60.1 Å². The maximum absolute atomic E-state index is 13.0. The van der Waals surface area contributed by atoms with E-state index >= 15 is 0 Å². The highest BCUT2D eigenvalue weighted by Crippen LogP contribution is 2.20. The number of hydrogen-bond donors (Lipinski definition) is 0. The van der Waals surface area contributed by atoms with Gasteiger partial charge in [-0.1, -0.05) is 41.5 Å². The molecule has 5 heteroatoms. The quantitative estimate of drug-likeness (QED) is 0.672. The Kier molecular flexibility index (Phi) is 8.38. The molecule has 2 amide bonds. The van der Waals surface area contributed by atoms with Gasteiger partial charge in [0.15, 0.2) is 0 Å². The van der Waals surface area contributed by atoms with Gasteiger partial charge in [0.2, 0.25) is 11.8 Å². The molecule has 0 aliphatic carbocycles. The van der Waals surface area contributed by atoms with Gasteiger partial charge in [0.05, 0.1) is 13.1 Å². The highest BCUT2D eigenvalue weighted by molar-refractivity contribution is 5.85. The van der Waals surface area contributed by atoms with Crippen LogP contribution in [0.4, 0.5) is 0 Å². The van der Waals surface area contributed by atoms with Crippen LogP contribution >= 0.6 is 0 Å². The van der Waals surface area contributed by atoms with Crippen molar-refractivity contribution in [3.05, 3.63) is 24.0 Å². The summed E-state index contributed by atoms with van der Waals surface area (Å²) >= 11 is 0. The highest BCUT2D eigenvalue weighted by Gasteiger charge is 2.25. The molecule has 1 aromatic rings. The molecule has 0 saturated heterocycles. The monoisotopic (exact) mass is 363 g/mol. The van der Waals surface area contributed by atoms with Crippen LogP contribution in [0.5, 0.6) is 0 Å². The first-order valence-corrected chi connectivity index (χ1v) is 9.69. The first-order chi connectivity index (χ1) is 12.0. The zero-order chi connectivity index (χ0) is 19.9. The molecule has 1 heterocycles. The lowest BCUT2D eigenvalue weighted by molar-refractivity contribution is -0.142. The first-order valence-electron chi connectivity index (χ1n) is 9.69. The minimum Gasteiger partial charge on any atom is -0.353 e. The average Bonchev–Trinajstić information content (AvgIpc) is 2.89. The molecule has 5 nitrogen and oxygen atoms in total. The van der Waals surface area contributed by atoms with E-state index < -0.39 is 0 Å². The van der Waals surface area contributed by atoms with Gasteiger partial charge in [0, 0.05) is 38.4 Å². The molecule has 0 atom stereocenters. The molecule has 0 aliphatic rings. The van der Waals surface area contributed by atoms with Gasteiger partial charge in [-0.05, 0) is 29.9 Å². The predicted octanol–water partition coefficient (Wildman–Crippen LogP) is 3.68. The van der Waals surface area contributed by atoms with Crippen LogP contribution in [0.15, 0.2) is 18.3 Å². The summed E-state index contributed by atoms with van der Waals surface area (Å²) in [6, 6.07) is 4.03. The molecule has 0 aromatic carbocycles. The number of hydrogen-bond acceptors (Lipinski definition) is 2. The molecule has 26 heavy (non-hydrogen) atoms. The van der Waals surface area contributed by atoms with E-state index in [9.17, 15) is 9.59 Å². The molecule has 0 spiro atoms. The molecule has 148 valence electrons. The Morgan fingerprint density at radius 2 is 1.81 bits per heavy atom. The number of carbonyl (C=O) groups excluding carboxylic acids is 2. The molecule has 0 fully saturated rings. The molecule has 1 rings (SSSR count). The molecule has 0 N–H and O–H groups in total. The summed E-state index contributed by atoms with van der Waals surface area (Å²) in [5.74, 6) is 0.468. The third kappa shape index (κ3) is 7.63. The summed E-state index contributed by atoms with van der Waals surface area (Å²) in [6.07, 6.45) is 3.30. The van der Waals surface area contributed by atoms with E-state index in [1.807, 2.05) is 41.8 Å². The smallest absolute Gasteiger partial charge is 0.242 e. The van der Waals surface area contributed by atoms with E-state index in [0.717, 1.165) is 12.1 Å². The van der Waals surface area contributed by atoms with Gasteiger partial charge in [0.1, 0.15) is 0 Å². The van der Waals surface area contributed by atoms with E-state index in [1.54, 1.807) is 4.90 Å². The summed E-state index contributed by atoms with van der Waals surface area (Å²) in [6.45, 7) is 14.5. The molecular weight excluding hydrogens is 326 g/mol. The largest absolute Gasteiger partial charge is 0.353 e. The van der Waals surface area contributed by atoms with Crippen molar-refractivity contribution >= 4 is 11.8 Å². The van der Waals surface area contributed by atoms with E-state index in [2.05, 4.69) is 34.6 Å². The third-order valence-electron chi connectivity index (χ3n) is 4.20. The predicted molar refractivity (Wildman–Crippen MR) is 107 cm³/mol. The third-order valence-corrected chi connectivity index (χ3v) is 4.20. The van der Waals surface area contributed by atoms with Crippen molar-refractivity contribution in [2.75, 3.05) is 19.6 Å². The van der Waals surface area contributed by atoms with Crippen molar-refractivity contribution in [1.82, 2.24) is 14.4 Å². The Bertz CT molecular complexity index is 584. The van der Waals surface area contributed by atoms with Crippen molar-refractivity contribution in [3.63, 3.8) is 0 Å². The van der Waals surface area contributed by atoms with Gasteiger partial charge < -0.3 is 14.4 Å². The average molecular weight is 364 g/mol. The maximum atomic E-state index is 13.0. The normalized spacial score (nSPS) is 11.7. The zero-order valence-corrected chi connectivity index (χ0v) is 17.7. The fraction of sp³-hybridized carbons (Fsp3) is 0.714. The number of amides is 2. The standard InChI is InChI=1S/C21H37N3O2/c1-8-11-23(19(25)13-21(4,5)6)16-20(26)24(14-17(2)3)15-18-10-9-12-22(18)7/h9-10,12,17H,8,11,13-16H2,1-7H3. The van der Waals surface area contributed by atoms with Crippen molar-refractivity contribution < 1.29 is 9.59 Å². The fourth-order valence-corrected chi connectivity index (χ4v) is 2.94. The van der Waals surface area contributed by atoms with E-state index in [4.69, 9.17) is 0 Å². The first kappa shape index (κ1) is 22.3. The number of aromatic nitrogens is 1. The van der Waals surface area contributed by atoms with Crippen LogP contribution in [0.25, 0.3) is 0 Å². The second-order valence-electron chi connectivity index (χ2n) is 8.83. The Balaban J connectivity index is 2.86. The summed E-state index contributed by atoms with van der Waals surface area (Å²) < 4.78 is 2.04. The number of aryl methyl sites for hydroxylation is 1. The molecule has 0 aliphatic heterocycles. The Hall–Kier alpha value is -1.78. The number of rotatable bonds is 9. The van der Waals surface area contributed by atoms with Crippen LogP contribution in [-0.4, -0.2) is 45.8 Å². The Morgan fingerprint density at radius 3 is 2.27 bits per heavy atom. The molecule has 0 unspecified atom stereocenters. The van der Waals surface area contributed by atoms with Gasteiger partial charge in [-0.2, -0.15) is 0 Å². The fourth-order valence-electron chi connectivity index (χ4n) is 2.94. The van der Waals surface area contributed by atoms with Gasteiger partial charge in [-0.3, -0.25) is 9.59 Å². The maximum Gasteiger partial charge on any atom is 0.242 e. The lowest BCUT2D eigenvalue weighted by Gasteiger charge is -2.30. The SMILES string of the molecule is CCCN(CC(=O)N(Cc1cccn1C)CC(C)C)C(=O)CC(C)(C)C. The molecule has 0 radical (unpaired) electrons. The molecule has 0 saturated carbocycles. The van der Waals surface area contributed by atoms with E-state index in [-0.39, 0.29) is 23.8 Å². The second-order valence-corrected chi connectivity index (χ2v) is 8.83. The van der Waals surface area contributed by atoms with Crippen LogP contribution < -0.4 is 0 Å². The van der Waals surface area contributed by atoms with Crippen LogP contribution in [0, 0.1) is 11.3 Å². The van der Waals surface area contributed by atoms with Crippen molar-refractivity contribution in [2.45, 2.75) is 60.9 Å². The van der Waals surface area contributed by atoms with E-state index in [0.29, 0.717) is 32.0 Å². The van der Waals surface area contributed by atoms with Crippen LogP contribution in [0.3, 0.4) is 0 Å². The number of nitrogens with zero attached hydrogens (tertiary/aromatic N) is 3. The summed E-state index contributed by atoms with van der Waals surface area (Å²) in [5, 5.41) is 0. The molecule has 1 aromatic heterocycles. The van der Waals surface area contributed by atoms with Crippen molar-refractivity contribution in [1.29, 1.82) is 0 Å². The minimum absolute atomic E-state index is 0.0237. The van der Waals surface area contributed by atoms with E-state index in [1.165, 1.54) is 0 Å².